The largest absolute Gasteiger partial charge is 0.497 e. The van der Waals surface area contributed by atoms with Crippen molar-refractivity contribution < 1.29 is 23.5 Å². The molecule has 1 fully saturated rings. The van der Waals surface area contributed by atoms with E-state index < -0.39 is 0 Å². The van der Waals surface area contributed by atoms with E-state index in [1.54, 1.807) is 38.4 Å². The molecule has 2 aromatic carbocycles. The lowest BCUT2D eigenvalue weighted by Crippen LogP contribution is -2.24. The number of ether oxygens (including phenoxy) is 3. The van der Waals surface area contributed by atoms with Crippen molar-refractivity contribution in [2.75, 3.05) is 32.8 Å². The molecule has 8 nitrogen and oxygen atoms in total. The van der Waals surface area contributed by atoms with Gasteiger partial charge in [-0.25, -0.2) is 0 Å². The number of hydrogen-bond donors (Lipinski definition) is 0. The topological polar surface area (TPSA) is 86.9 Å². The molecule has 150 valence electrons. The first kappa shape index (κ1) is 18.8. The summed E-state index contributed by atoms with van der Waals surface area (Å²) in [4.78, 5) is 18.8. The molecule has 1 aliphatic heterocycles. The van der Waals surface area contributed by atoms with Gasteiger partial charge in [-0.05, 0) is 42.5 Å². The van der Waals surface area contributed by atoms with Crippen LogP contribution in [0, 0.1) is 0 Å². The van der Waals surface area contributed by atoms with Gasteiger partial charge >= 0.3 is 0 Å². The second-order valence-corrected chi connectivity index (χ2v) is 6.63. The fourth-order valence-electron chi connectivity index (χ4n) is 3.38. The zero-order valence-electron chi connectivity index (χ0n) is 16.4. The molecular weight excluding hydrogens is 374 g/mol. The van der Waals surface area contributed by atoms with Crippen LogP contribution in [0.2, 0.25) is 0 Å². The Labute approximate surface area is 168 Å². The molecule has 1 aliphatic rings. The Bertz CT molecular complexity index is 1020. The molecule has 0 saturated carbocycles. The van der Waals surface area contributed by atoms with E-state index in [1.807, 2.05) is 30.3 Å². The van der Waals surface area contributed by atoms with E-state index in [0.29, 0.717) is 36.2 Å². The molecule has 0 bridgehead atoms. The van der Waals surface area contributed by atoms with Crippen LogP contribution in [0.4, 0.5) is 5.69 Å². The van der Waals surface area contributed by atoms with Crippen molar-refractivity contribution in [3.8, 4) is 28.7 Å². The number of aromatic nitrogens is 2. The van der Waals surface area contributed by atoms with E-state index in [9.17, 15) is 4.79 Å². The molecule has 29 heavy (non-hydrogen) atoms. The summed E-state index contributed by atoms with van der Waals surface area (Å²) in [5.41, 5.74) is 1.54. The first-order chi connectivity index (χ1) is 14.1. The summed E-state index contributed by atoms with van der Waals surface area (Å²) < 4.78 is 21.2. The van der Waals surface area contributed by atoms with Gasteiger partial charge in [-0.1, -0.05) is 5.16 Å². The summed E-state index contributed by atoms with van der Waals surface area (Å²) in [6, 6.07) is 12.8. The summed E-state index contributed by atoms with van der Waals surface area (Å²) in [5.74, 6) is 2.71. The van der Waals surface area contributed by atoms with Crippen LogP contribution in [-0.4, -0.2) is 43.9 Å². The third kappa shape index (κ3) is 3.61. The predicted molar refractivity (Wildman–Crippen MR) is 106 cm³/mol. The summed E-state index contributed by atoms with van der Waals surface area (Å²) >= 11 is 0. The van der Waals surface area contributed by atoms with Gasteiger partial charge in [0.15, 0.2) is 17.3 Å². The van der Waals surface area contributed by atoms with Gasteiger partial charge in [-0.3, -0.25) is 4.79 Å². The van der Waals surface area contributed by atoms with Gasteiger partial charge < -0.3 is 23.6 Å². The summed E-state index contributed by atoms with van der Waals surface area (Å²) in [5, 5.41) is 4.11. The van der Waals surface area contributed by atoms with E-state index in [-0.39, 0.29) is 11.8 Å². The highest BCUT2D eigenvalue weighted by Crippen LogP contribution is 2.34. The minimum Gasteiger partial charge on any atom is -0.497 e. The van der Waals surface area contributed by atoms with Crippen LogP contribution >= 0.6 is 0 Å². The van der Waals surface area contributed by atoms with Gasteiger partial charge in [0.2, 0.25) is 5.91 Å². The van der Waals surface area contributed by atoms with Crippen molar-refractivity contribution in [1.29, 1.82) is 0 Å². The third-order valence-electron chi connectivity index (χ3n) is 4.95. The number of rotatable bonds is 6. The average molecular weight is 395 g/mol. The highest BCUT2D eigenvalue weighted by molar-refractivity contribution is 5.96. The molecule has 0 spiro atoms. The van der Waals surface area contributed by atoms with Gasteiger partial charge in [0.25, 0.3) is 5.89 Å². The number of methoxy groups -OCH3 is 3. The molecule has 0 unspecified atom stereocenters. The van der Waals surface area contributed by atoms with Crippen LogP contribution in [0.1, 0.15) is 18.2 Å². The van der Waals surface area contributed by atoms with Crippen molar-refractivity contribution in [2.45, 2.75) is 12.3 Å². The van der Waals surface area contributed by atoms with E-state index >= 15 is 0 Å². The highest BCUT2D eigenvalue weighted by atomic mass is 16.5. The maximum Gasteiger partial charge on any atom is 0.258 e. The van der Waals surface area contributed by atoms with Gasteiger partial charge in [-0.15, -0.1) is 0 Å². The SMILES string of the molecule is COc1ccc(N2C[C@@H](c3noc(-c4ccc(OC)c(OC)c4)n3)CC2=O)cc1. The Balaban J connectivity index is 1.53. The number of nitrogens with zero attached hydrogens (tertiary/aromatic N) is 3. The standard InChI is InChI=1S/C21H21N3O5/c1-26-16-7-5-15(6-8-16)24-12-14(11-19(24)25)20-22-21(29-23-20)13-4-9-17(27-2)18(10-13)28-3/h4-10,14H,11-12H2,1-3H3/t14-/m0/s1. The van der Waals surface area contributed by atoms with Crippen LogP contribution < -0.4 is 19.1 Å². The lowest BCUT2D eigenvalue weighted by atomic mass is 10.1. The van der Waals surface area contributed by atoms with E-state index in [4.69, 9.17) is 18.7 Å². The average Bonchev–Trinajstić information content (AvgIpc) is 3.40. The zero-order chi connectivity index (χ0) is 20.4. The van der Waals surface area contributed by atoms with Gasteiger partial charge in [-0.2, -0.15) is 4.98 Å². The van der Waals surface area contributed by atoms with E-state index in [1.165, 1.54) is 0 Å². The first-order valence-electron chi connectivity index (χ1n) is 9.13. The number of benzene rings is 2. The summed E-state index contributed by atoms with van der Waals surface area (Å²) in [6.45, 7) is 0.496. The van der Waals surface area contributed by atoms with Crippen molar-refractivity contribution in [3.05, 3.63) is 48.3 Å². The zero-order valence-corrected chi connectivity index (χ0v) is 16.4. The van der Waals surface area contributed by atoms with Crippen LogP contribution in [0.25, 0.3) is 11.5 Å². The van der Waals surface area contributed by atoms with Crippen LogP contribution in [-0.2, 0) is 4.79 Å². The molecular formula is C21H21N3O5. The van der Waals surface area contributed by atoms with Gasteiger partial charge in [0, 0.05) is 30.1 Å². The van der Waals surface area contributed by atoms with E-state index in [0.717, 1.165) is 17.0 Å². The fourth-order valence-corrected chi connectivity index (χ4v) is 3.38. The second kappa shape index (κ2) is 7.83. The predicted octanol–water partition coefficient (Wildman–Crippen LogP) is 3.28. The van der Waals surface area contributed by atoms with Gasteiger partial charge in [0.05, 0.1) is 21.3 Å². The molecule has 8 heteroatoms. The number of carbonyl (C=O) groups is 1. The number of carbonyl (C=O) groups excluding carboxylic acids is 1. The number of anilines is 1. The van der Waals surface area contributed by atoms with Crippen molar-refractivity contribution in [3.63, 3.8) is 0 Å². The second-order valence-electron chi connectivity index (χ2n) is 6.63. The minimum absolute atomic E-state index is 0.0256. The van der Waals surface area contributed by atoms with Gasteiger partial charge in [0.1, 0.15) is 5.75 Å². The van der Waals surface area contributed by atoms with Crippen molar-refractivity contribution in [2.24, 2.45) is 0 Å². The number of amides is 1. The Kier molecular flexibility index (Phi) is 5.07. The molecule has 3 aromatic rings. The first-order valence-corrected chi connectivity index (χ1v) is 9.13. The van der Waals surface area contributed by atoms with Crippen LogP contribution in [0.5, 0.6) is 17.2 Å². The molecule has 1 amide bonds. The Morgan fingerprint density at radius 1 is 1.00 bits per heavy atom. The monoisotopic (exact) mass is 395 g/mol. The lowest BCUT2D eigenvalue weighted by molar-refractivity contribution is -0.117. The molecule has 4 rings (SSSR count). The molecule has 1 saturated heterocycles. The smallest absolute Gasteiger partial charge is 0.258 e. The molecule has 0 N–H and O–H groups in total. The quantitative estimate of drug-likeness (QED) is 0.633. The summed E-state index contributed by atoms with van der Waals surface area (Å²) in [7, 11) is 4.76. The van der Waals surface area contributed by atoms with Crippen molar-refractivity contribution >= 4 is 11.6 Å². The molecule has 0 radical (unpaired) electrons. The molecule has 1 atom stereocenters. The summed E-state index contributed by atoms with van der Waals surface area (Å²) in [6.07, 6.45) is 0.330. The van der Waals surface area contributed by atoms with E-state index in [2.05, 4.69) is 10.1 Å². The fraction of sp³-hybridized carbons (Fsp3) is 0.286. The maximum absolute atomic E-state index is 12.5. The lowest BCUT2D eigenvalue weighted by Gasteiger charge is -2.16. The number of hydrogen-bond acceptors (Lipinski definition) is 7. The maximum atomic E-state index is 12.5. The normalized spacial score (nSPS) is 16.2. The Morgan fingerprint density at radius 2 is 1.76 bits per heavy atom. The Morgan fingerprint density at radius 3 is 2.45 bits per heavy atom. The molecule has 2 heterocycles. The molecule has 0 aliphatic carbocycles. The van der Waals surface area contributed by atoms with Crippen molar-refractivity contribution in [1.82, 2.24) is 10.1 Å². The molecule has 1 aromatic heterocycles. The van der Waals surface area contributed by atoms with Crippen LogP contribution in [0.3, 0.4) is 0 Å². The van der Waals surface area contributed by atoms with Crippen LogP contribution in [0.15, 0.2) is 47.0 Å². The Hall–Kier alpha value is -3.55. The highest BCUT2D eigenvalue weighted by Gasteiger charge is 2.34. The minimum atomic E-state index is -0.137. The third-order valence-corrected chi connectivity index (χ3v) is 4.95.